The summed E-state index contributed by atoms with van der Waals surface area (Å²) >= 11 is 0. The molecule has 0 radical (unpaired) electrons. The van der Waals surface area contributed by atoms with Crippen LogP contribution in [-0.4, -0.2) is 12.5 Å². The van der Waals surface area contributed by atoms with Crippen molar-refractivity contribution < 1.29 is 9.53 Å². The molecule has 1 amide bonds. The quantitative estimate of drug-likeness (QED) is 0.543. The lowest BCUT2D eigenvalue weighted by atomic mass is 9.71. The summed E-state index contributed by atoms with van der Waals surface area (Å²) in [6.07, 6.45) is 4.05. The molecule has 0 bridgehead atoms. The third-order valence-corrected chi connectivity index (χ3v) is 5.98. The van der Waals surface area contributed by atoms with E-state index in [1.807, 2.05) is 89.8 Å². The van der Waals surface area contributed by atoms with Crippen LogP contribution in [0.4, 0.5) is 5.69 Å². The van der Waals surface area contributed by atoms with Crippen LogP contribution in [0, 0.1) is 5.41 Å². The van der Waals surface area contributed by atoms with Gasteiger partial charge < -0.3 is 9.64 Å². The molecule has 2 heterocycles. The van der Waals surface area contributed by atoms with E-state index in [2.05, 4.69) is 12.6 Å². The zero-order chi connectivity index (χ0) is 20.6. The normalized spacial score (nSPS) is 22.4. The summed E-state index contributed by atoms with van der Waals surface area (Å²) in [5.74, 6) is 0.816. The molecule has 0 aromatic heterocycles. The van der Waals surface area contributed by atoms with E-state index in [0.29, 0.717) is 13.0 Å². The third-order valence-electron chi connectivity index (χ3n) is 5.98. The number of fused-ring (bicyclic) bond motifs is 1. The van der Waals surface area contributed by atoms with Crippen LogP contribution in [0.25, 0.3) is 5.76 Å². The molecule has 2 aliphatic rings. The zero-order valence-corrected chi connectivity index (χ0v) is 16.7. The number of hydrogen-bond acceptors (Lipinski definition) is 2. The van der Waals surface area contributed by atoms with Crippen molar-refractivity contribution in [3.8, 4) is 0 Å². The van der Waals surface area contributed by atoms with Crippen molar-refractivity contribution in [1.82, 2.24) is 0 Å². The van der Waals surface area contributed by atoms with E-state index in [9.17, 15) is 4.79 Å². The molecule has 2 atom stereocenters. The SMILES string of the molecule is C=CCN1C(=O)[C@]2(C=C(c3ccccc3)O[C@H]2c2ccccc2)Cc2ccccc21. The second-order valence-electron chi connectivity index (χ2n) is 7.83. The van der Waals surface area contributed by atoms with Crippen LogP contribution in [0.1, 0.15) is 22.8 Å². The lowest BCUT2D eigenvalue weighted by molar-refractivity contribution is -0.130. The number of hydrogen-bond donors (Lipinski definition) is 0. The largest absolute Gasteiger partial charge is 0.484 e. The Kier molecular flexibility index (Phi) is 4.51. The first-order valence-electron chi connectivity index (χ1n) is 10.2. The molecule has 3 aromatic rings. The summed E-state index contributed by atoms with van der Waals surface area (Å²) in [7, 11) is 0. The van der Waals surface area contributed by atoms with Crippen molar-refractivity contribution in [2.75, 3.05) is 11.4 Å². The number of carbonyl (C=O) groups excluding carboxylic acids is 1. The van der Waals surface area contributed by atoms with Gasteiger partial charge in [0.05, 0.1) is 0 Å². The van der Waals surface area contributed by atoms with Gasteiger partial charge in [0, 0.05) is 17.8 Å². The molecule has 0 N–H and O–H groups in total. The van der Waals surface area contributed by atoms with Gasteiger partial charge in [0.25, 0.3) is 0 Å². The summed E-state index contributed by atoms with van der Waals surface area (Å²) in [4.78, 5) is 15.9. The zero-order valence-electron chi connectivity index (χ0n) is 16.7. The maximum atomic E-state index is 14.0. The minimum atomic E-state index is -0.802. The van der Waals surface area contributed by atoms with Crippen molar-refractivity contribution in [1.29, 1.82) is 0 Å². The van der Waals surface area contributed by atoms with E-state index in [1.54, 1.807) is 6.08 Å². The van der Waals surface area contributed by atoms with Gasteiger partial charge in [0.1, 0.15) is 17.3 Å². The van der Waals surface area contributed by atoms with Crippen LogP contribution >= 0.6 is 0 Å². The van der Waals surface area contributed by atoms with Gasteiger partial charge in [-0.2, -0.15) is 0 Å². The van der Waals surface area contributed by atoms with Crippen LogP contribution in [0.2, 0.25) is 0 Å². The minimum Gasteiger partial charge on any atom is -0.484 e. The van der Waals surface area contributed by atoms with E-state index in [-0.39, 0.29) is 12.0 Å². The smallest absolute Gasteiger partial charge is 0.241 e. The molecule has 148 valence electrons. The van der Waals surface area contributed by atoms with Gasteiger partial charge in [-0.05, 0) is 29.7 Å². The van der Waals surface area contributed by atoms with Crippen molar-refractivity contribution in [2.45, 2.75) is 12.5 Å². The van der Waals surface area contributed by atoms with Crippen molar-refractivity contribution in [3.63, 3.8) is 0 Å². The molecule has 0 fully saturated rings. The predicted molar refractivity (Wildman–Crippen MR) is 120 cm³/mol. The first-order chi connectivity index (χ1) is 14.7. The monoisotopic (exact) mass is 393 g/mol. The van der Waals surface area contributed by atoms with E-state index in [4.69, 9.17) is 4.74 Å². The van der Waals surface area contributed by atoms with Gasteiger partial charge in [-0.3, -0.25) is 4.79 Å². The van der Waals surface area contributed by atoms with E-state index in [0.717, 1.165) is 28.1 Å². The summed E-state index contributed by atoms with van der Waals surface area (Å²) in [6.45, 7) is 4.34. The second kappa shape index (κ2) is 7.34. The molecule has 3 aromatic carbocycles. The molecule has 0 unspecified atom stereocenters. The number of para-hydroxylation sites is 1. The Morgan fingerprint density at radius 1 is 0.967 bits per heavy atom. The molecular formula is C27H23NO2. The van der Waals surface area contributed by atoms with Crippen molar-refractivity contribution in [3.05, 3.63) is 120 Å². The molecule has 3 heteroatoms. The first kappa shape index (κ1) is 18.4. The predicted octanol–water partition coefficient (Wildman–Crippen LogP) is 5.56. The lowest BCUT2D eigenvalue weighted by Crippen LogP contribution is -2.50. The average molecular weight is 393 g/mol. The second-order valence-corrected chi connectivity index (χ2v) is 7.83. The third kappa shape index (κ3) is 2.86. The number of anilines is 1. The highest BCUT2D eigenvalue weighted by Crippen LogP contribution is 2.54. The first-order valence-corrected chi connectivity index (χ1v) is 10.2. The standard InChI is InChI=1S/C27H23NO2/c1-2-17-28-23-16-10-9-15-22(23)18-27(26(28)29)19-24(20-11-5-3-6-12-20)30-25(27)21-13-7-4-8-14-21/h2-16,19,25H,1,17-18H2/t25-,27-/m0/s1. The molecule has 30 heavy (non-hydrogen) atoms. The van der Waals surface area contributed by atoms with Gasteiger partial charge in [-0.15, -0.1) is 6.58 Å². The summed E-state index contributed by atoms with van der Waals surface area (Å²) in [5.41, 5.74) is 3.29. The fraction of sp³-hybridized carbons (Fsp3) is 0.148. The Morgan fingerprint density at radius 2 is 1.63 bits per heavy atom. The molecule has 2 aliphatic heterocycles. The fourth-order valence-corrected chi connectivity index (χ4v) is 4.63. The summed E-state index contributed by atoms with van der Waals surface area (Å²) < 4.78 is 6.53. The number of amides is 1. The van der Waals surface area contributed by atoms with Crippen LogP contribution in [-0.2, 0) is 16.0 Å². The Labute approximate surface area is 176 Å². The molecule has 0 aliphatic carbocycles. The van der Waals surface area contributed by atoms with Crippen molar-refractivity contribution in [2.24, 2.45) is 5.41 Å². The number of benzene rings is 3. The molecule has 0 saturated carbocycles. The van der Waals surface area contributed by atoms with Gasteiger partial charge in [0.15, 0.2) is 0 Å². The number of ether oxygens (including phenoxy) is 1. The van der Waals surface area contributed by atoms with Gasteiger partial charge in [0.2, 0.25) is 5.91 Å². The lowest BCUT2D eigenvalue weighted by Gasteiger charge is -2.41. The Hall–Kier alpha value is -3.59. The van der Waals surface area contributed by atoms with E-state index < -0.39 is 5.41 Å². The van der Waals surface area contributed by atoms with Gasteiger partial charge in [-0.1, -0.05) is 84.9 Å². The maximum Gasteiger partial charge on any atom is 0.241 e. The number of rotatable bonds is 4. The topological polar surface area (TPSA) is 29.5 Å². The maximum absolute atomic E-state index is 14.0. The molecule has 1 spiro atoms. The molecule has 5 rings (SSSR count). The summed E-state index contributed by atoms with van der Waals surface area (Å²) in [6, 6.07) is 28.2. The van der Waals surface area contributed by atoms with E-state index >= 15 is 0 Å². The van der Waals surface area contributed by atoms with Gasteiger partial charge >= 0.3 is 0 Å². The fourth-order valence-electron chi connectivity index (χ4n) is 4.63. The van der Waals surface area contributed by atoms with Crippen LogP contribution < -0.4 is 4.90 Å². The molecule has 3 nitrogen and oxygen atoms in total. The van der Waals surface area contributed by atoms with Crippen molar-refractivity contribution >= 4 is 17.4 Å². The van der Waals surface area contributed by atoms with Crippen LogP contribution in [0.3, 0.4) is 0 Å². The average Bonchev–Trinajstić information content (AvgIpc) is 3.18. The Bertz CT molecular complexity index is 1120. The highest BCUT2D eigenvalue weighted by molar-refractivity contribution is 6.04. The number of carbonyl (C=O) groups is 1. The molecular weight excluding hydrogens is 370 g/mol. The summed E-state index contributed by atoms with van der Waals surface area (Å²) in [5, 5.41) is 0. The molecule has 0 saturated heterocycles. The number of nitrogens with zero attached hydrogens (tertiary/aromatic N) is 1. The highest BCUT2D eigenvalue weighted by atomic mass is 16.5. The van der Waals surface area contributed by atoms with Crippen LogP contribution in [0.5, 0.6) is 0 Å². The Balaban J connectivity index is 1.70. The van der Waals surface area contributed by atoms with Crippen LogP contribution in [0.15, 0.2) is 104 Å². The van der Waals surface area contributed by atoms with Gasteiger partial charge in [-0.25, -0.2) is 0 Å². The van der Waals surface area contributed by atoms with E-state index in [1.165, 1.54) is 0 Å². The Morgan fingerprint density at radius 3 is 2.37 bits per heavy atom. The highest BCUT2D eigenvalue weighted by Gasteiger charge is 2.55. The minimum absolute atomic E-state index is 0.0564.